The number of rotatable bonds is 2. The summed E-state index contributed by atoms with van der Waals surface area (Å²) in [6.07, 6.45) is 0. The molecule has 1 amide bonds. The molecule has 0 fully saturated rings. The molecule has 0 saturated carbocycles. The van der Waals surface area contributed by atoms with Gasteiger partial charge >= 0.3 is 0 Å². The van der Waals surface area contributed by atoms with Gasteiger partial charge in [-0.25, -0.2) is 0 Å². The van der Waals surface area contributed by atoms with Crippen LogP contribution in [0.2, 0.25) is 0 Å². The van der Waals surface area contributed by atoms with Crippen molar-refractivity contribution in [3.63, 3.8) is 0 Å². The normalized spacial score (nSPS) is 12.9. The molecule has 0 bridgehead atoms. The lowest BCUT2D eigenvalue weighted by atomic mass is 10.1. The molecule has 0 radical (unpaired) electrons. The molecule has 2 aromatic rings. The second-order valence-corrected chi connectivity index (χ2v) is 5.39. The maximum Gasteiger partial charge on any atom is 0.255 e. The predicted octanol–water partition coefficient (Wildman–Crippen LogP) is 3.39. The quantitative estimate of drug-likeness (QED) is 0.791. The number of nitrogens with one attached hydrogen (secondary N) is 3. The van der Waals surface area contributed by atoms with Crippen LogP contribution in [-0.2, 0) is 0 Å². The van der Waals surface area contributed by atoms with E-state index in [4.69, 9.17) is 0 Å². The molecule has 3 N–H and O–H groups in total. The molecule has 0 atom stereocenters. The summed E-state index contributed by atoms with van der Waals surface area (Å²) in [6.45, 7) is 5.78. The first-order valence-corrected chi connectivity index (χ1v) is 7.14. The summed E-state index contributed by atoms with van der Waals surface area (Å²) in [5.41, 5.74) is 5.74. The fraction of sp³-hybridized carbons (Fsp3) is 0.235. The molecule has 0 spiro atoms. The van der Waals surface area contributed by atoms with Crippen molar-refractivity contribution < 1.29 is 4.79 Å². The maximum atomic E-state index is 12.4. The average Bonchev–Trinajstić information content (AvgIpc) is 2.50. The summed E-state index contributed by atoms with van der Waals surface area (Å²) in [4.78, 5) is 12.4. The van der Waals surface area contributed by atoms with E-state index in [9.17, 15) is 4.79 Å². The van der Waals surface area contributed by atoms with Crippen LogP contribution in [0, 0.1) is 13.8 Å². The Hall–Kier alpha value is -2.49. The molecule has 2 aromatic carbocycles. The molecule has 1 aliphatic heterocycles. The molecule has 4 nitrogen and oxygen atoms in total. The van der Waals surface area contributed by atoms with Gasteiger partial charge in [0.2, 0.25) is 0 Å². The first kappa shape index (κ1) is 13.5. The highest BCUT2D eigenvalue weighted by molar-refractivity contribution is 6.05. The molecule has 1 heterocycles. The Morgan fingerprint density at radius 2 is 1.76 bits per heavy atom. The van der Waals surface area contributed by atoms with Crippen molar-refractivity contribution in [2.75, 3.05) is 29.0 Å². The van der Waals surface area contributed by atoms with E-state index in [-0.39, 0.29) is 5.91 Å². The molecule has 4 heteroatoms. The number of fused-ring (bicyclic) bond motifs is 1. The van der Waals surface area contributed by atoms with E-state index < -0.39 is 0 Å². The Morgan fingerprint density at radius 1 is 1.00 bits per heavy atom. The predicted molar refractivity (Wildman–Crippen MR) is 87.3 cm³/mol. The highest BCUT2D eigenvalue weighted by atomic mass is 16.1. The molecule has 0 aliphatic carbocycles. The number of hydrogen-bond acceptors (Lipinski definition) is 3. The number of aryl methyl sites for hydroxylation is 2. The number of benzene rings is 2. The van der Waals surface area contributed by atoms with Crippen LogP contribution in [0.5, 0.6) is 0 Å². The maximum absolute atomic E-state index is 12.4. The first-order valence-electron chi connectivity index (χ1n) is 7.14. The Balaban J connectivity index is 1.83. The number of anilines is 3. The third-order valence-electron chi connectivity index (χ3n) is 3.68. The number of carbonyl (C=O) groups is 1. The molecule has 108 valence electrons. The number of hydrogen-bond donors (Lipinski definition) is 3. The van der Waals surface area contributed by atoms with Crippen molar-refractivity contribution in [3.05, 3.63) is 53.1 Å². The molecule has 0 aromatic heterocycles. The molecule has 0 unspecified atom stereocenters. The Kier molecular flexibility index (Phi) is 3.52. The summed E-state index contributed by atoms with van der Waals surface area (Å²) >= 11 is 0. The standard InChI is InChI=1S/C17H19N3O/c1-11-3-4-12(2)15(9-11)20-17(21)13-5-6-14-16(10-13)19-8-7-18-14/h3-6,9-10,18-19H,7-8H2,1-2H3,(H,20,21). The van der Waals surface area contributed by atoms with Gasteiger partial charge in [-0.3, -0.25) is 4.79 Å². The first-order chi connectivity index (χ1) is 10.1. The summed E-state index contributed by atoms with van der Waals surface area (Å²) in [5, 5.41) is 9.59. The smallest absolute Gasteiger partial charge is 0.255 e. The van der Waals surface area contributed by atoms with E-state index in [1.165, 1.54) is 0 Å². The van der Waals surface area contributed by atoms with Crippen LogP contribution < -0.4 is 16.0 Å². The molecule has 1 aliphatic rings. The van der Waals surface area contributed by atoms with Crippen LogP contribution in [-0.4, -0.2) is 19.0 Å². The van der Waals surface area contributed by atoms with Crippen molar-refractivity contribution >= 4 is 23.0 Å². The van der Waals surface area contributed by atoms with E-state index in [0.717, 1.165) is 41.3 Å². The van der Waals surface area contributed by atoms with E-state index in [1.54, 1.807) is 0 Å². The molecule has 3 rings (SSSR count). The molecule has 0 saturated heterocycles. The number of amides is 1. The van der Waals surface area contributed by atoms with Gasteiger partial charge in [0.1, 0.15) is 0 Å². The van der Waals surface area contributed by atoms with Gasteiger partial charge in [0, 0.05) is 24.3 Å². The van der Waals surface area contributed by atoms with Gasteiger partial charge in [-0.1, -0.05) is 12.1 Å². The Bertz CT molecular complexity index is 694. The average molecular weight is 281 g/mol. The van der Waals surface area contributed by atoms with E-state index in [2.05, 4.69) is 16.0 Å². The largest absolute Gasteiger partial charge is 0.382 e. The second kappa shape index (κ2) is 5.48. The molecule has 21 heavy (non-hydrogen) atoms. The van der Waals surface area contributed by atoms with Gasteiger partial charge in [0.15, 0.2) is 0 Å². The fourth-order valence-electron chi connectivity index (χ4n) is 2.45. The minimum Gasteiger partial charge on any atom is -0.382 e. The second-order valence-electron chi connectivity index (χ2n) is 5.39. The van der Waals surface area contributed by atoms with Crippen LogP contribution in [0.3, 0.4) is 0 Å². The lowest BCUT2D eigenvalue weighted by Crippen LogP contribution is -2.21. The van der Waals surface area contributed by atoms with Crippen LogP contribution >= 0.6 is 0 Å². The monoisotopic (exact) mass is 281 g/mol. The minimum absolute atomic E-state index is 0.0844. The summed E-state index contributed by atoms with van der Waals surface area (Å²) < 4.78 is 0. The highest BCUT2D eigenvalue weighted by Crippen LogP contribution is 2.26. The summed E-state index contributed by atoms with van der Waals surface area (Å²) in [7, 11) is 0. The minimum atomic E-state index is -0.0844. The zero-order chi connectivity index (χ0) is 14.8. The van der Waals surface area contributed by atoms with Crippen molar-refractivity contribution in [2.45, 2.75) is 13.8 Å². The third-order valence-corrected chi connectivity index (χ3v) is 3.68. The van der Waals surface area contributed by atoms with Gasteiger partial charge in [-0.15, -0.1) is 0 Å². The van der Waals surface area contributed by atoms with Crippen molar-refractivity contribution in [1.29, 1.82) is 0 Å². The van der Waals surface area contributed by atoms with E-state index >= 15 is 0 Å². The summed E-state index contributed by atoms with van der Waals surface area (Å²) in [6, 6.07) is 11.7. The third kappa shape index (κ3) is 2.84. The lowest BCUT2D eigenvalue weighted by molar-refractivity contribution is 0.102. The Labute approximate surface area is 124 Å². The highest BCUT2D eigenvalue weighted by Gasteiger charge is 2.13. The Morgan fingerprint density at radius 3 is 2.57 bits per heavy atom. The van der Waals surface area contributed by atoms with Crippen LogP contribution in [0.15, 0.2) is 36.4 Å². The lowest BCUT2D eigenvalue weighted by Gasteiger charge is -2.20. The van der Waals surface area contributed by atoms with Gasteiger partial charge in [0.05, 0.1) is 11.4 Å². The summed E-state index contributed by atoms with van der Waals surface area (Å²) in [5.74, 6) is -0.0844. The topological polar surface area (TPSA) is 53.2 Å². The fourth-order valence-corrected chi connectivity index (χ4v) is 2.45. The SMILES string of the molecule is Cc1ccc(C)c(NC(=O)c2ccc3c(c2)NCCN3)c1. The van der Waals surface area contributed by atoms with E-state index in [0.29, 0.717) is 5.56 Å². The van der Waals surface area contributed by atoms with E-state index in [1.807, 2.05) is 50.2 Å². The van der Waals surface area contributed by atoms with Crippen molar-refractivity contribution in [3.8, 4) is 0 Å². The van der Waals surface area contributed by atoms with Crippen molar-refractivity contribution in [2.24, 2.45) is 0 Å². The van der Waals surface area contributed by atoms with Gasteiger partial charge in [-0.2, -0.15) is 0 Å². The molecular weight excluding hydrogens is 262 g/mol. The van der Waals surface area contributed by atoms with Gasteiger partial charge in [0.25, 0.3) is 5.91 Å². The van der Waals surface area contributed by atoms with Crippen LogP contribution in [0.4, 0.5) is 17.1 Å². The zero-order valence-corrected chi connectivity index (χ0v) is 12.3. The number of carbonyl (C=O) groups excluding carboxylic acids is 1. The molecular formula is C17H19N3O. The van der Waals surface area contributed by atoms with Crippen molar-refractivity contribution in [1.82, 2.24) is 0 Å². The van der Waals surface area contributed by atoms with Crippen LogP contribution in [0.25, 0.3) is 0 Å². The van der Waals surface area contributed by atoms with Gasteiger partial charge in [-0.05, 0) is 49.2 Å². The zero-order valence-electron chi connectivity index (χ0n) is 12.3. The van der Waals surface area contributed by atoms with Crippen LogP contribution in [0.1, 0.15) is 21.5 Å². The van der Waals surface area contributed by atoms with Gasteiger partial charge < -0.3 is 16.0 Å².